The molecule has 8 heavy (non-hydrogen) atoms. The lowest BCUT2D eigenvalue weighted by molar-refractivity contribution is 0.638. The maximum Gasteiger partial charge on any atom is 0.0507 e. The van der Waals surface area contributed by atoms with Crippen LogP contribution in [-0.4, -0.2) is 33.5 Å². The first kappa shape index (κ1) is 7.59. The molecule has 2 N–H and O–H groups in total. The second-order valence-corrected chi connectivity index (χ2v) is 1.48. The van der Waals surface area contributed by atoms with Gasteiger partial charge < -0.3 is 10.6 Å². The fraction of sp³-hybridized carbons (Fsp3) is 0.800. The highest BCUT2D eigenvalue weighted by Gasteiger charge is 1.77. The summed E-state index contributed by atoms with van der Waals surface area (Å²) in [7, 11) is 1.90. The van der Waals surface area contributed by atoms with Gasteiger partial charge in [0.2, 0.25) is 0 Å². The van der Waals surface area contributed by atoms with Crippen LogP contribution in [-0.2, 0) is 0 Å². The molecule has 0 saturated carbocycles. The van der Waals surface area contributed by atoms with E-state index < -0.39 is 0 Å². The molecule has 0 aliphatic rings. The fourth-order valence-corrected chi connectivity index (χ4v) is 0.372. The Morgan fingerprint density at radius 3 is 2.88 bits per heavy atom. The molecular formula is C5H13N3. The van der Waals surface area contributed by atoms with Crippen molar-refractivity contribution < 1.29 is 0 Å². The van der Waals surface area contributed by atoms with Crippen molar-refractivity contribution in [1.82, 2.24) is 10.6 Å². The summed E-state index contributed by atoms with van der Waals surface area (Å²) in [5.41, 5.74) is 0. The standard InChI is InChI=1S/C5H13N3/c1-6-3-4-8-5-7-2/h7-8H,1,3-5H2,2H3. The largest absolute Gasteiger partial charge is 0.308 e. The monoisotopic (exact) mass is 115 g/mol. The number of nitrogens with one attached hydrogen (secondary N) is 2. The SMILES string of the molecule is C=NCCNCNC. The second-order valence-electron chi connectivity index (χ2n) is 1.48. The third kappa shape index (κ3) is 5.59. The van der Waals surface area contributed by atoms with E-state index in [0.717, 1.165) is 19.8 Å². The van der Waals surface area contributed by atoms with Crippen molar-refractivity contribution in [2.45, 2.75) is 0 Å². The summed E-state index contributed by atoms with van der Waals surface area (Å²) >= 11 is 0. The molecule has 0 aromatic rings. The van der Waals surface area contributed by atoms with Gasteiger partial charge in [0, 0.05) is 13.2 Å². The van der Waals surface area contributed by atoms with E-state index in [1.54, 1.807) is 0 Å². The minimum Gasteiger partial charge on any atom is -0.308 e. The van der Waals surface area contributed by atoms with Crippen LogP contribution in [0.2, 0.25) is 0 Å². The lowest BCUT2D eigenvalue weighted by Crippen LogP contribution is -2.27. The van der Waals surface area contributed by atoms with Gasteiger partial charge in [-0.1, -0.05) is 0 Å². The van der Waals surface area contributed by atoms with E-state index in [-0.39, 0.29) is 0 Å². The Hall–Kier alpha value is -0.410. The van der Waals surface area contributed by atoms with E-state index >= 15 is 0 Å². The van der Waals surface area contributed by atoms with Crippen molar-refractivity contribution >= 4 is 6.72 Å². The molecule has 0 aromatic carbocycles. The van der Waals surface area contributed by atoms with Crippen LogP contribution in [0, 0.1) is 0 Å². The molecule has 48 valence electrons. The molecule has 0 rings (SSSR count). The van der Waals surface area contributed by atoms with Crippen molar-refractivity contribution in [3.05, 3.63) is 0 Å². The van der Waals surface area contributed by atoms with Gasteiger partial charge in [-0.25, -0.2) is 0 Å². The Balaban J connectivity index is 2.62. The molecule has 0 atom stereocenters. The first-order valence-electron chi connectivity index (χ1n) is 2.69. The normalized spacial score (nSPS) is 9.12. The van der Waals surface area contributed by atoms with Crippen molar-refractivity contribution in [3.8, 4) is 0 Å². The van der Waals surface area contributed by atoms with Gasteiger partial charge in [0.15, 0.2) is 0 Å². The van der Waals surface area contributed by atoms with Crippen LogP contribution in [0.4, 0.5) is 0 Å². The fourth-order valence-electron chi connectivity index (χ4n) is 0.372. The molecule has 0 spiro atoms. The molecule has 0 bridgehead atoms. The summed E-state index contributed by atoms with van der Waals surface area (Å²) in [6.07, 6.45) is 0. The Morgan fingerprint density at radius 1 is 1.62 bits per heavy atom. The van der Waals surface area contributed by atoms with Crippen LogP contribution in [0.15, 0.2) is 4.99 Å². The first-order valence-corrected chi connectivity index (χ1v) is 2.69. The van der Waals surface area contributed by atoms with Gasteiger partial charge in [-0.15, -0.1) is 0 Å². The van der Waals surface area contributed by atoms with Crippen LogP contribution in [0.1, 0.15) is 0 Å². The van der Waals surface area contributed by atoms with Gasteiger partial charge in [0.05, 0.1) is 6.54 Å². The predicted octanol–water partition coefficient (Wildman–Crippen LogP) is -0.547. The van der Waals surface area contributed by atoms with Gasteiger partial charge in [-0.05, 0) is 13.8 Å². The van der Waals surface area contributed by atoms with Crippen molar-refractivity contribution in [3.63, 3.8) is 0 Å². The summed E-state index contributed by atoms with van der Waals surface area (Å²) in [6, 6.07) is 0. The molecule has 0 unspecified atom stereocenters. The van der Waals surface area contributed by atoms with Gasteiger partial charge in [-0.3, -0.25) is 4.99 Å². The Labute approximate surface area is 50.2 Å². The van der Waals surface area contributed by atoms with Crippen LogP contribution < -0.4 is 10.6 Å². The summed E-state index contributed by atoms with van der Waals surface area (Å²) in [4.78, 5) is 3.67. The Bertz CT molecular complexity index is 53.6. The number of hydrogen-bond acceptors (Lipinski definition) is 3. The number of nitrogens with zero attached hydrogens (tertiary/aromatic N) is 1. The van der Waals surface area contributed by atoms with Crippen molar-refractivity contribution in [2.75, 3.05) is 26.8 Å². The number of aliphatic imine (C=N–C) groups is 1. The van der Waals surface area contributed by atoms with Gasteiger partial charge in [-0.2, -0.15) is 0 Å². The molecule has 3 heteroatoms. The van der Waals surface area contributed by atoms with Gasteiger partial charge in [0.25, 0.3) is 0 Å². The maximum atomic E-state index is 3.67. The summed E-state index contributed by atoms with van der Waals surface area (Å²) in [6.45, 7) is 5.89. The van der Waals surface area contributed by atoms with Crippen LogP contribution in [0.3, 0.4) is 0 Å². The minimum atomic E-state index is 0.793. The number of hydrogen-bond donors (Lipinski definition) is 2. The molecule has 0 aliphatic carbocycles. The van der Waals surface area contributed by atoms with Crippen molar-refractivity contribution in [1.29, 1.82) is 0 Å². The summed E-state index contributed by atoms with van der Waals surface area (Å²) < 4.78 is 0. The van der Waals surface area contributed by atoms with Crippen LogP contribution in [0.25, 0.3) is 0 Å². The summed E-state index contributed by atoms with van der Waals surface area (Å²) in [5.74, 6) is 0. The molecule has 0 saturated heterocycles. The molecule has 0 radical (unpaired) electrons. The molecule has 0 aromatic heterocycles. The third-order valence-corrected chi connectivity index (χ3v) is 0.748. The average Bonchev–Trinajstić information content (AvgIpc) is 1.81. The Morgan fingerprint density at radius 2 is 2.38 bits per heavy atom. The predicted molar refractivity (Wildman–Crippen MR) is 36.3 cm³/mol. The van der Waals surface area contributed by atoms with E-state index in [9.17, 15) is 0 Å². The van der Waals surface area contributed by atoms with Crippen LogP contribution >= 0.6 is 0 Å². The molecule has 0 aliphatic heterocycles. The zero-order valence-electron chi connectivity index (χ0n) is 5.28. The molecule has 0 fully saturated rings. The van der Waals surface area contributed by atoms with Crippen molar-refractivity contribution in [2.24, 2.45) is 4.99 Å². The van der Waals surface area contributed by atoms with E-state index in [1.165, 1.54) is 0 Å². The second kappa shape index (κ2) is 6.59. The highest BCUT2D eigenvalue weighted by molar-refractivity contribution is 5.23. The lowest BCUT2D eigenvalue weighted by atomic mass is 10.6. The lowest BCUT2D eigenvalue weighted by Gasteiger charge is -1.97. The van der Waals surface area contributed by atoms with E-state index in [2.05, 4.69) is 22.3 Å². The first-order chi connectivity index (χ1) is 3.91. The maximum absolute atomic E-state index is 3.67. The molecule has 3 nitrogen and oxygen atoms in total. The quantitative estimate of drug-likeness (QED) is 0.286. The average molecular weight is 115 g/mol. The van der Waals surface area contributed by atoms with Gasteiger partial charge >= 0.3 is 0 Å². The van der Waals surface area contributed by atoms with Gasteiger partial charge in [0.1, 0.15) is 0 Å². The minimum absolute atomic E-state index is 0.793. The third-order valence-electron chi connectivity index (χ3n) is 0.748. The highest BCUT2D eigenvalue weighted by atomic mass is 15.0. The highest BCUT2D eigenvalue weighted by Crippen LogP contribution is 1.59. The number of rotatable bonds is 5. The molecule has 0 heterocycles. The molecular weight excluding hydrogens is 102 g/mol. The van der Waals surface area contributed by atoms with E-state index in [0.29, 0.717) is 0 Å². The zero-order chi connectivity index (χ0) is 6.24. The van der Waals surface area contributed by atoms with E-state index in [4.69, 9.17) is 0 Å². The summed E-state index contributed by atoms with van der Waals surface area (Å²) in [5, 5.41) is 6.04. The van der Waals surface area contributed by atoms with Crippen LogP contribution in [0.5, 0.6) is 0 Å². The molecule has 0 amide bonds. The topological polar surface area (TPSA) is 36.4 Å². The zero-order valence-corrected chi connectivity index (χ0v) is 5.28. The van der Waals surface area contributed by atoms with E-state index in [1.807, 2.05) is 7.05 Å². The smallest absolute Gasteiger partial charge is 0.0507 e. The Kier molecular flexibility index (Phi) is 6.25.